The normalized spacial score (nSPS) is 12.5. The van der Waals surface area contributed by atoms with Crippen molar-refractivity contribution in [2.45, 2.75) is 13.0 Å². The van der Waals surface area contributed by atoms with Gasteiger partial charge in [-0.1, -0.05) is 0 Å². The highest BCUT2D eigenvalue weighted by Crippen LogP contribution is 2.23. The predicted molar refractivity (Wildman–Crippen MR) is 72.4 cm³/mol. The lowest BCUT2D eigenvalue weighted by atomic mass is 10.2. The smallest absolute Gasteiger partial charge is 0.146 e. The van der Waals surface area contributed by atoms with Crippen LogP contribution in [-0.2, 0) is 0 Å². The number of anilines is 2. The number of fused-ring (bicyclic) bond motifs is 1. The fourth-order valence-electron chi connectivity index (χ4n) is 1.89. The Morgan fingerprint density at radius 1 is 1.21 bits per heavy atom. The first-order valence-electron chi connectivity index (χ1n) is 5.86. The van der Waals surface area contributed by atoms with Crippen LogP contribution in [0.2, 0.25) is 0 Å². The van der Waals surface area contributed by atoms with Gasteiger partial charge in [0.15, 0.2) is 0 Å². The maximum atomic E-state index is 5.75. The number of aromatic nitrogens is 5. The maximum Gasteiger partial charge on any atom is 0.146 e. The summed E-state index contributed by atoms with van der Waals surface area (Å²) in [5.41, 5.74) is 7.24. The van der Waals surface area contributed by atoms with E-state index in [-0.39, 0.29) is 6.04 Å². The van der Waals surface area contributed by atoms with Gasteiger partial charge in [-0.15, -0.1) is 0 Å². The minimum absolute atomic E-state index is 0.0295. The number of rotatable bonds is 3. The van der Waals surface area contributed by atoms with E-state index in [1.54, 1.807) is 0 Å². The van der Waals surface area contributed by atoms with Crippen molar-refractivity contribution < 1.29 is 0 Å². The zero-order chi connectivity index (χ0) is 13.2. The monoisotopic (exact) mass is 255 g/mol. The van der Waals surface area contributed by atoms with Gasteiger partial charge in [-0.3, -0.25) is 5.10 Å². The van der Waals surface area contributed by atoms with Crippen molar-refractivity contribution in [2.24, 2.45) is 0 Å². The lowest BCUT2D eigenvalue weighted by molar-refractivity contribution is 0.791. The number of nitrogens with two attached hydrogens (primary N) is 1. The summed E-state index contributed by atoms with van der Waals surface area (Å²) >= 11 is 0. The van der Waals surface area contributed by atoms with Crippen LogP contribution >= 0.6 is 0 Å². The minimum Gasteiger partial charge on any atom is -0.399 e. The molecular formula is C12H13N7. The SMILES string of the molecule is CC(Nc1ncnc2cc(N)ccc12)c1ncn[nH]1. The summed E-state index contributed by atoms with van der Waals surface area (Å²) < 4.78 is 0. The van der Waals surface area contributed by atoms with Crippen LogP contribution in [0.1, 0.15) is 18.8 Å². The van der Waals surface area contributed by atoms with Gasteiger partial charge in [0.05, 0.1) is 11.6 Å². The second-order valence-corrected chi connectivity index (χ2v) is 4.24. The molecule has 0 aliphatic heterocycles. The first kappa shape index (κ1) is 11.4. The van der Waals surface area contributed by atoms with Gasteiger partial charge < -0.3 is 11.1 Å². The molecule has 0 aliphatic carbocycles. The first-order chi connectivity index (χ1) is 9.24. The molecule has 7 heteroatoms. The molecule has 0 spiro atoms. The number of nitrogens with one attached hydrogen (secondary N) is 2. The van der Waals surface area contributed by atoms with Crippen molar-refractivity contribution in [3.8, 4) is 0 Å². The Hall–Kier alpha value is -2.70. The molecule has 96 valence electrons. The maximum absolute atomic E-state index is 5.75. The van der Waals surface area contributed by atoms with Crippen LogP contribution in [0.3, 0.4) is 0 Å². The molecular weight excluding hydrogens is 242 g/mol. The van der Waals surface area contributed by atoms with E-state index in [2.05, 4.69) is 30.5 Å². The Labute approximate surface area is 109 Å². The van der Waals surface area contributed by atoms with Gasteiger partial charge >= 0.3 is 0 Å². The van der Waals surface area contributed by atoms with Crippen LogP contribution < -0.4 is 11.1 Å². The average Bonchev–Trinajstić information content (AvgIpc) is 2.92. The van der Waals surface area contributed by atoms with Crippen LogP contribution in [-0.4, -0.2) is 25.1 Å². The third-order valence-electron chi connectivity index (χ3n) is 2.86. The average molecular weight is 255 g/mol. The fourth-order valence-corrected chi connectivity index (χ4v) is 1.89. The Bertz CT molecular complexity index is 692. The summed E-state index contributed by atoms with van der Waals surface area (Å²) in [7, 11) is 0. The third-order valence-corrected chi connectivity index (χ3v) is 2.86. The Balaban J connectivity index is 1.97. The number of H-pyrrole nitrogens is 1. The first-order valence-corrected chi connectivity index (χ1v) is 5.86. The molecule has 2 heterocycles. The predicted octanol–water partition coefficient (Wildman–Crippen LogP) is 1.50. The molecule has 2 aromatic heterocycles. The molecule has 0 saturated heterocycles. The van der Waals surface area contributed by atoms with E-state index in [1.807, 2.05) is 25.1 Å². The minimum atomic E-state index is -0.0295. The van der Waals surface area contributed by atoms with Crippen LogP contribution in [0, 0.1) is 0 Å². The number of aromatic amines is 1. The highest BCUT2D eigenvalue weighted by molar-refractivity contribution is 5.90. The summed E-state index contributed by atoms with van der Waals surface area (Å²) in [6, 6.07) is 5.52. The third kappa shape index (κ3) is 2.17. The van der Waals surface area contributed by atoms with Gasteiger partial charge in [0.25, 0.3) is 0 Å². The molecule has 0 fully saturated rings. The molecule has 19 heavy (non-hydrogen) atoms. The van der Waals surface area contributed by atoms with E-state index in [0.29, 0.717) is 5.69 Å². The summed E-state index contributed by atoms with van der Waals surface area (Å²) in [6.07, 6.45) is 2.99. The molecule has 1 atom stereocenters. The summed E-state index contributed by atoms with van der Waals surface area (Å²) in [5, 5.41) is 10.9. The number of hydrogen-bond donors (Lipinski definition) is 3. The van der Waals surface area contributed by atoms with Gasteiger partial charge in [-0.05, 0) is 25.1 Å². The molecule has 0 amide bonds. The van der Waals surface area contributed by atoms with Gasteiger partial charge in [-0.2, -0.15) is 5.10 Å². The number of nitrogens with zero attached hydrogens (tertiary/aromatic N) is 4. The Morgan fingerprint density at radius 3 is 2.89 bits per heavy atom. The largest absolute Gasteiger partial charge is 0.399 e. The van der Waals surface area contributed by atoms with Crippen molar-refractivity contribution in [1.82, 2.24) is 25.1 Å². The quantitative estimate of drug-likeness (QED) is 0.612. The standard InChI is InChI=1S/C12H13N7/c1-7(11-16-6-17-19-11)18-12-9-3-2-8(13)4-10(9)14-5-15-12/h2-7H,13H2,1H3,(H,14,15,18)(H,16,17,19). The lowest BCUT2D eigenvalue weighted by Crippen LogP contribution is -2.10. The van der Waals surface area contributed by atoms with E-state index in [9.17, 15) is 0 Å². The highest BCUT2D eigenvalue weighted by Gasteiger charge is 2.11. The van der Waals surface area contributed by atoms with Crippen LogP contribution in [0.4, 0.5) is 11.5 Å². The molecule has 7 nitrogen and oxygen atoms in total. The van der Waals surface area contributed by atoms with E-state index in [0.717, 1.165) is 22.5 Å². The zero-order valence-electron chi connectivity index (χ0n) is 10.3. The van der Waals surface area contributed by atoms with Gasteiger partial charge in [-0.25, -0.2) is 15.0 Å². The Kier molecular flexibility index (Phi) is 2.71. The van der Waals surface area contributed by atoms with Crippen molar-refractivity contribution in [2.75, 3.05) is 11.1 Å². The van der Waals surface area contributed by atoms with E-state index < -0.39 is 0 Å². The Morgan fingerprint density at radius 2 is 2.11 bits per heavy atom. The van der Waals surface area contributed by atoms with Crippen LogP contribution in [0.5, 0.6) is 0 Å². The molecule has 1 aromatic carbocycles. The number of benzene rings is 1. The highest BCUT2D eigenvalue weighted by atomic mass is 15.2. The second-order valence-electron chi connectivity index (χ2n) is 4.24. The van der Waals surface area contributed by atoms with Crippen molar-refractivity contribution in [3.05, 3.63) is 36.7 Å². The molecule has 3 rings (SSSR count). The summed E-state index contributed by atoms with van der Waals surface area (Å²) in [5.74, 6) is 1.50. The van der Waals surface area contributed by atoms with Gasteiger partial charge in [0, 0.05) is 11.1 Å². The molecule has 4 N–H and O–H groups in total. The summed E-state index contributed by atoms with van der Waals surface area (Å²) in [6.45, 7) is 1.98. The zero-order valence-corrected chi connectivity index (χ0v) is 10.3. The van der Waals surface area contributed by atoms with Crippen molar-refractivity contribution >= 4 is 22.4 Å². The van der Waals surface area contributed by atoms with E-state index in [4.69, 9.17) is 5.73 Å². The fraction of sp³-hybridized carbons (Fsp3) is 0.167. The lowest BCUT2D eigenvalue weighted by Gasteiger charge is -2.13. The summed E-state index contributed by atoms with van der Waals surface area (Å²) in [4.78, 5) is 12.6. The van der Waals surface area contributed by atoms with Crippen molar-refractivity contribution in [1.29, 1.82) is 0 Å². The van der Waals surface area contributed by atoms with Gasteiger partial charge in [0.2, 0.25) is 0 Å². The molecule has 3 aromatic rings. The van der Waals surface area contributed by atoms with Gasteiger partial charge in [0.1, 0.15) is 24.3 Å². The van der Waals surface area contributed by atoms with E-state index >= 15 is 0 Å². The molecule has 0 aliphatic rings. The van der Waals surface area contributed by atoms with Crippen LogP contribution in [0.15, 0.2) is 30.9 Å². The molecule has 0 bridgehead atoms. The number of nitrogen functional groups attached to an aromatic ring is 1. The topological polar surface area (TPSA) is 105 Å². The van der Waals surface area contributed by atoms with Crippen LogP contribution in [0.25, 0.3) is 10.9 Å². The molecule has 1 unspecified atom stereocenters. The van der Waals surface area contributed by atoms with E-state index in [1.165, 1.54) is 12.7 Å². The molecule has 0 saturated carbocycles. The molecule has 0 radical (unpaired) electrons. The second kappa shape index (κ2) is 4.52. The number of hydrogen-bond acceptors (Lipinski definition) is 6. The van der Waals surface area contributed by atoms with Crippen molar-refractivity contribution in [3.63, 3.8) is 0 Å².